The van der Waals surface area contributed by atoms with E-state index in [1.165, 1.54) is 0 Å². The fourth-order valence-corrected chi connectivity index (χ4v) is 2.09. The molecule has 1 heterocycles. The van der Waals surface area contributed by atoms with Gasteiger partial charge in [0.2, 0.25) is 0 Å². The molecule has 2 rings (SSSR count). The summed E-state index contributed by atoms with van der Waals surface area (Å²) in [5.41, 5.74) is -1.43. The summed E-state index contributed by atoms with van der Waals surface area (Å²) < 4.78 is 39.1. The Morgan fingerprint density at radius 3 is 2.40 bits per heavy atom. The number of carbonyl (C=O) groups is 1. The third-order valence-corrected chi connectivity index (χ3v) is 3.36. The minimum Gasteiger partial charge on any atom is -0.298 e. The van der Waals surface area contributed by atoms with E-state index >= 15 is 0 Å². The summed E-state index contributed by atoms with van der Waals surface area (Å²) in [5.74, 6) is 0. The topological polar surface area (TPSA) is 34.9 Å². The molecule has 106 valence electrons. The first-order valence-corrected chi connectivity index (χ1v) is 6.12. The van der Waals surface area contributed by atoms with Gasteiger partial charge in [0.1, 0.15) is 5.15 Å². The van der Waals surface area contributed by atoms with Crippen LogP contribution in [-0.2, 0) is 12.7 Å². The highest BCUT2D eigenvalue weighted by Gasteiger charge is 2.39. The Labute approximate surface area is 121 Å². The number of halogens is 5. The summed E-state index contributed by atoms with van der Waals surface area (Å²) in [6.07, 6.45) is -4.70. The van der Waals surface area contributed by atoms with Crippen molar-refractivity contribution in [1.29, 1.82) is 0 Å². The second kappa shape index (κ2) is 5.46. The Bertz CT molecular complexity index is 653. The Balaban J connectivity index is 2.46. The highest BCUT2D eigenvalue weighted by atomic mass is 35.5. The molecule has 0 bridgehead atoms. The Hall–Kier alpha value is -1.53. The molecule has 0 unspecified atom stereocenters. The lowest BCUT2D eigenvalue weighted by molar-refractivity contribution is -0.141. The van der Waals surface area contributed by atoms with E-state index in [2.05, 4.69) is 5.10 Å². The van der Waals surface area contributed by atoms with Gasteiger partial charge in [-0.15, -0.1) is 0 Å². The number of hydrogen-bond donors (Lipinski definition) is 0. The lowest BCUT2D eigenvalue weighted by Gasteiger charge is -2.05. The molecule has 0 aliphatic heterocycles. The van der Waals surface area contributed by atoms with Crippen LogP contribution in [0.4, 0.5) is 13.2 Å². The van der Waals surface area contributed by atoms with Crippen LogP contribution in [0.3, 0.4) is 0 Å². The van der Waals surface area contributed by atoms with Crippen LogP contribution in [0.1, 0.15) is 21.6 Å². The molecule has 0 N–H and O–H groups in total. The second-order valence-corrected chi connectivity index (χ2v) is 4.68. The first-order chi connectivity index (χ1) is 9.34. The number of benzene rings is 1. The molecule has 1 aromatic heterocycles. The Morgan fingerprint density at radius 1 is 1.25 bits per heavy atom. The van der Waals surface area contributed by atoms with Crippen LogP contribution in [0.2, 0.25) is 10.2 Å². The molecule has 0 spiro atoms. The third-order valence-electron chi connectivity index (χ3n) is 2.59. The van der Waals surface area contributed by atoms with E-state index in [9.17, 15) is 18.0 Å². The maximum atomic E-state index is 12.7. The van der Waals surface area contributed by atoms with Crippen molar-refractivity contribution in [2.75, 3.05) is 0 Å². The molecule has 2 aromatic rings. The smallest absolute Gasteiger partial charge is 0.298 e. The largest absolute Gasteiger partial charge is 0.435 e. The Morgan fingerprint density at radius 2 is 1.90 bits per heavy atom. The zero-order valence-electron chi connectivity index (χ0n) is 9.79. The maximum Gasteiger partial charge on any atom is 0.435 e. The highest BCUT2D eigenvalue weighted by Crippen LogP contribution is 2.34. The summed E-state index contributed by atoms with van der Waals surface area (Å²) in [6.45, 7) is -0.0601. The summed E-state index contributed by atoms with van der Waals surface area (Å²) in [5, 5.41) is 3.37. The first kappa shape index (κ1) is 14.9. The molecule has 0 saturated carbocycles. The van der Waals surface area contributed by atoms with E-state index in [0.29, 0.717) is 10.6 Å². The molecular formula is C12H7Cl2F3N2O. The van der Waals surface area contributed by atoms with E-state index in [0.717, 1.165) is 4.68 Å². The van der Waals surface area contributed by atoms with Crippen molar-refractivity contribution in [1.82, 2.24) is 9.78 Å². The van der Waals surface area contributed by atoms with Crippen molar-refractivity contribution in [2.24, 2.45) is 0 Å². The van der Waals surface area contributed by atoms with E-state index in [-0.39, 0.29) is 18.0 Å². The van der Waals surface area contributed by atoms with Gasteiger partial charge in [-0.1, -0.05) is 41.4 Å². The molecule has 0 amide bonds. The summed E-state index contributed by atoms with van der Waals surface area (Å²) in [6, 6.07) is 6.60. The van der Waals surface area contributed by atoms with Crippen molar-refractivity contribution >= 4 is 29.5 Å². The minimum atomic E-state index is -4.74. The molecule has 0 radical (unpaired) electrons. The van der Waals surface area contributed by atoms with Gasteiger partial charge in [0, 0.05) is 5.02 Å². The quantitative estimate of drug-likeness (QED) is 0.798. The summed E-state index contributed by atoms with van der Waals surface area (Å²) in [7, 11) is 0. The predicted molar refractivity (Wildman–Crippen MR) is 68.2 cm³/mol. The minimum absolute atomic E-state index is 0.0429. The molecule has 1 aromatic carbocycles. The van der Waals surface area contributed by atoms with E-state index < -0.39 is 17.4 Å². The molecule has 0 aliphatic rings. The molecule has 20 heavy (non-hydrogen) atoms. The van der Waals surface area contributed by atoms with Crippen LogP contribution in [0.5, 0.6) is 0 Å². The number of aldehydes is 1. The number of alkyl halides is 3. The normalized spacial score (nSPS) is 11.7. The van der Waals surface area contributed by atoms with Crippen molar-refractivity contribution < 1.29 is 18.0 Å². The molecule has 0 atom stereocenters. The molecule has 0 aliphatic carbocycles. The fraction of sp³-hybridized carbons (Fsp3) is 0.167. The molecule has 3 nitrogen and oxygen atoms in total. The van der Waals surface area contributed by atoms with Crippen molar-refractivity contribution in [3.63, 3.8) is 0 Å². The van der Waals surface area contributed by atoms with Crippen LogP contribution >= 0.6 is 23.2 Å². The second-order valence-electron chi connectivity index (χ2n) is 3.92. The van der Waals surface area contributed by atoms with Crippen molar-refractivity contribution in [3.8, 4) is 0 Å². The summed E-state index contributed by atoms with van der Waals surface area (Å²) >= 11 is 11.7. The SMILES string of the molecule is O=Cc1c(C(F)(F)F)nn(Cc2ccccc2Cl)c1Cl. The van der Waals surface area contributed by atoms with Gasteiger partial charge in [-0.3, -0.25) is 4.79 Å². The maximum absolute atomic E-state index is 12.7. The van der Waals surface area contributed by atoms with Gasteiger partial charge in [0.15, 0.2) is 12.0 Å². The molecule has 0 saturated heterocycles. The third kappa shape index (κ3) is 2.81. The number of rotatable bonds is 3. The number of carbonyl (C=O) groups excluding carboxylic acids is 1. The summed E-state index contributed by atoms with van der Waals surface area (Å²) in [4.78, 5) is 10.8. The standard InChI is InChI=1S/C12H7Cl2F3N2O/c13-9-4-2-1-3-7(9)5-19-11(14)8(6-20)10(18-19)12(15,16)17/h1-4,6H,5H2. The van der Waals surface area contributed by atoms with Crippen LogP contribution in [-0.4, -0.2) is 16.1 Å². The van der Waals surface area contributed by atoms with Crippen LogP contribution in [0, 0.1) is 0 Å². The number of aromatic nitrogens is 2. The van der Waals surface area contributed by atoms with Crippen molar-refractivity contribution in [3.05, 3.63) is 51.3 Å². The van der Waals surface area contributed by atoms with Gasteiger partial charge >= 0.3 is 6.18 Å². The number of nitrogens with zero attached hydrogens (tertiary/aromatic N) is 2. The molecular weight excluding hydrogens is 316 g/mol. The first-order valence-electron chi connectivity index (χ1n) is 5.36. The van der Waals surface area contributed by atoms with Gasteiger partial charge in [-0.2, -0.15) is 18.3 Å². The lowest BCUT2D eigenvalue weighted by atomic mass is 10.2. The molecule has 8 heteroatoms. The highest BCUT2D eigenvalue weighted by molar-refractivity contribution is 6.32. The van der Waals surface area contributed by atoms with E-state index in [1.807, 2.05) is 0 Å². The van der Waals surface area contributed by atoms with Crippen molar-refractivity contribution in [2.45, 2.75) is 12.7 Å². The zero-order valence-corrected chi connectivity index (χ0v) is 11.3. The average Bonchev–Trinajstić information content (AvgIpc) is 2.69. The van der Waals surface area contributed by atoms with E-state index in [4.69, 9.17) is 23.2 Å². The fourth-order valence-electron chi connectivity index (χ4n) is 1.66. The zero-order chi connectivity index (χ0) is 14.9. The van der Waals surface area contributed by atoms with Crippen LogP contribution in [0.15, 0.2) is 24.3 Å². The monoisotopic (exact) mass is 322 g/mol. The number of hydrogen-bond acceptors (Lipinski definition) is 2. The predicted octanol–water partition coefficient (Wildman–Crippen LogP) is 4.07. The van der Waals surface area contributed by atoms with Gasteiger partial charge in [-0.25, -0.2) is 4.68 Å². The van der Waals surface area contributed by atoms with Gasteiger partial charge in [0.05, 0.1) is 12.1 Å². The Kier molecular flexibility index (Phi) is 4.06. The van der Waals surface area contributed by atoms with Gasteiger partial charge in [0.25, 0.3) is 0 Å². The average molecular weight is 323 g/mol. The van der Waals surface area contributed by atoms with Crippen LogP contribution in [0.25, 0.3) is 0 Å². The van der Waals surface area contributed by atoms with Gasteiger partial charge in [-0.05, 0) is 11.6 Å². The van der Waals surface area contributed by atoms with Crippen LogP contribution < -0.4 is 0 Å². The van der Waals surface area contributed by atoms with E-state index in [1.54, 1.807) is 24.3 Å². The lowest BCUT2D eigenvalue weighted by Crippen LogP contribution is -2.10. The van der Waals surface area contributed by atoms with Gasteiger partial charge < -0.3 is 0 Å². The molecule has 0 fully saturated rings.